The Morgan fingerprint density at radius 2 is 2.00 bits per heavy atom. The molecule has 1 heteroatoms. The Morgan fingerprint density at radius 3 is 2.50 bits per heavy atom. The predicted molar refractivity (Wildman–Crippen MR) is 57.7 cm³/mol. The zero-order valence-corrected chi connectivity index (χ0v) is 8.18. The average molecular weight is 178 g/mol. The Labute approximate surface area is 79.6 Å². The fourth-order valence-electron chi connectivity index (χ4n) is 1.32. The van der Waals surface area contributed by atoms with Gasteiger partial charge in [0, 0.05) is 5.92 Å². The summed E-state index contributed by atoms with van der Waals surface area (Å²) in [6.07, 6.45) is 2.35. The van der Waals surface area contributed by atoms with E-state index in [4.69, 9.17) is 12.2 Å². The molecule has 0 heterocycles. The van der Waals surface area contributed by atoms with Crippen molar-refractivity contribution in [3.8, 4) is 0 Å². The van der Waals surface area contributed by atoms with E-state index in [1.807, 2.05) is 11.4 Å². The van der Waals surface area contributed by atoms with Gasteiger partial charge in [0.15, 0.2) is 0 Å². The SMILES string of the molecule is CCCC(C=S)c1ccccc1. The van der Waals surface area contributed by atoms with Crippen LogP contribution >= 0.6 is 12.2 Å². The molecule has 0 aliphatic rings. The lowest BCUT2D eigenvalue weighted by Gasteiger charge is -2.09. The molecule has 1 rings (SSSR count). The minimum Gasteiger partial charge on any atom is -0.0928 e. The largest absolute Gasteiger partial charge is 0.0928 e. The molecule has 0 saturated heterocycles. The molecule has 0 aliphatic heterocycles. The first kappa shape index (κ1) is 9.40. The van der Waals surface area contributed by atoms with E-state index in [1.54, 1.807) is 0 Å². The van der Waals surface area contributed by atoms with Crippen LogP contribution in [-0.4, -0.2) is 5.37 Å². The van der Waals surface area contributed by atoms with Crippen molar-refractivity contribution in [2.24, 2.45) is 0 Å². The minimum atomic E-state index is 0.464. The standard InChI is InChI=1S/C11H14S/c1-2-6-11(9-12)10-7-4-3-5-8-10/h3-5,7-9,11H,2,6H2,1H3. The van der Waals surface area contributed by atoms with E-state index in [2.05, 4.69) is 31.2 Å². The summed E-state index contributed by atoms with van der Waals surface area (Å²) in [5.41, 5.74) is 1.34. The van der Waals surface area contributed by atoms with Crippen molar-refractivity contribution in [1.82, 2.24) is 0 Å². The molecule has 0 bridgehead atoms. The van der Waals surface area contributed by atoms with Crippen molar-refractivity contribution in [3.05, 3.63) is 35.9 Å². The molecular weight excluding hydrogens is 164 g/mol. The van der Waals surface area contributed by atoms with Crippen LogP contribution in [0.25, 0.3) is 0 Å². The number of hydrogen-bond acceptors (Lipinski definition) is 1. The second kappa shape index (κ2) is 5.04. The van der Waals surface area contributed by atoms with E-state index in [0.717, 1.165) is 6.42 Å². The van der Waals surface area contributed by atoms with Gasteiger partial charge in [0.2, 0.25) is 0 Å². The molecule has 64 valence electrons. The molecule has 1 aromatic rings. The summed E-state index contributed by atoms with van der Waals surface area (Å²) in [5.74, 6) is 0.464. The second-order valence-corrected chi connectivity index (χ2v) is 3.21. The van der Waals surface area contributed by atoms with Gasteiger partial charge in [0.25, 0.3) is 0 Å². The summed E-state index contributed by atoms with van der Waals surface area (Å²) in [6, 6.07) is 10.5. The first-order valence-corrected chi connectivity index (χ1v) is 4.86. The Hall–Kier alpha value is -0.690. The number of thiocarbonyl (C=S) groups is 1. The number of rotatable bonds is 4. The summed E-state index contributed by atoms with van der Waals surface area (Å²) in [7, 11) is 0. The van der Waals surface area contributed by atoms with Crippen LogP contribution in [0, 0.1) is 0 Å². The first-order chi connectivity index (χ1) is 5.88. The topological polar surface area (TPSA) is 0 Å². The molecule has 0 fully saturated rings. The van der Waals surface area contributed by atoms with Gasteiger partial charge in [-0.2, -0.15) is 0 Å². The number of benzene rings is 1. The van der Waals surface area contributed by atoms with Crippen molar-refractivity contribution in [3.63, 3.8) is 0 Å². The molecule has 0 aromatic heterocycles. The van der Waals surface area contributed by atoms with Crippen molar-refractivity contribution in [2.75, 3.05) is 0 Å². The second-order valence-electron chi connectivity index (χ2n) is 2.94. The van der Waals surface area contributed by atoms with Crippen LogP contribution in [0.15, 0.2) is 30.3 Å². The van der Waals surface area contributed by atoms with Gasteiger partial charge in [0.1, 0.15) is 0 Å². The maximum atomic E-state index is 5.00. The normalized spacial score (nSPS) is 12.4. The smallest absolute Gasteiger partial charge is 0.0123 e. The third kappa shape index (κ3) is 2.42. The van der Waals surface area contributed by atoms with Crippen LogP contribution < -0.4 is 0 Å². The molecule has 0 nitrogen and oxygen atoms in total. The molecule has 0 saturated carbocycles. The zero-order valence-electron chi connectivity index (χ0n) is 7.36. The van der Waals surface area contributed by atoms with Crippen LogP contribution in [-0.2, 0) is 0 Å². The molecule has 1 unspecified atom stereocenters. The molecule has 1 atom stereocenters. The zero-order chi connectivity index (χ0) is 8.81. The molecule has 0 N–H and O–H groups in total. The lowest BCUT2D eigenvalue weighted by atomic mass is 9.97. The quantitative estimate of drug-likeness (QED) is 0.635. The molecule has 0 radical (unpaired) electrons. The Balaban J connectivity index is 2.73. The highest BCUT2D eigenvalue weighted by molar-refractivity contribution is 7.79. The Morgan fingerprint density at radius 1 is 1.33 bits per heavy atom. The van der Waals surface area contributed by atoms with Crippen molar-refractivity contribution in [2.45, 2.75) is 25.7 Å². The first-order valence-electron chi connectivity index (χ1n) is 4.38. The van der Waals surface area contributed by atoms with E-state index in [-0.39, 0.29) is 0 Å². The lowest BCUT2D eigenvalue weighted by Crippen LogP contribution is -1.97. The summed E-state index contributed by atoms with van der Waals surface area (Å²) in [5, 5.41) is 1.87. The van der Waals surface area contributed by atoms with Gasteiger partial charge < -0.3 is 0 Å². The van der Waals surface area contributed by atoms with Gasteiger partial charge in [-0.15, -0.1) is 0 Å². The molecule has 0 amide bonds. The van der Waals surface area contributed by atoms with E-state index in [1.165, 1.54) is 12.0 Å². The van der Waals surface area contributed by atoms with Gasteiger partial charge in [-0.05, 0) is 17.4 Å². The van der Waals surface area contributed by atoms with Crippen molar-refractivity contribution >= 4 is 17.6 Å². The van der Waals surface area contributed by atoms with Crippen LogP contribution in [0.3, 0.4) is 0 Å². The van der Waals surface area contributed by atoms with Gasteiger partial charge in [-0.25, -0.2) is 0 Å². The lowest BCUT2D eigenvalue weighted by molar-refractivity contribution is 0.759. The highest BCUT2D eigenvalue weighted by Crippen LogP contribution is 2.18. The van der Waals surface area contributed by atoms with Crippen molar-refractivity contribution in [1.29, 1.82) is 0 Å². The van der Waals surface area contributed by atoms with E-state index in [9.17, 15) is 0 Å². The van der Waals surface area contributed by atoms with Crippen LogP contribution in [0.2, 0.25) is 0 Å². The Bertz CT molecular complexity index is 228. The maximum Gasteiger partial charge on any atom is 0.0123 e. The van der Waals surface area contributed by atoms with E-state index >= 15 is 0 Å². The highest BCUT2D eigenvalue weighted by atomic mass is 32.1. The van der Waals surface area contributed by atoms with E-state index in [0.29, 0.717) is 5.92 Å². The minimum absolute atomic E-state index is 0.464. The van der Waals surface area contributed by atoms with Crippen LogP contribution in [0.5, 0.6) is 0 Å². The summed E-state index contributed by atoms with van der Waals surface area (Å²) < 4.78 is 0. The third-order valence-corrected chi connectivity index (χ3v) is 2.32. The fourth-order valence-corrected chi connectivity index (χ4v) is 1.62. The summed E-state index contributed by atoms with van der Waals surface area (Å²) in [6.45, 7) is 2.19. The maximum absolute atomic E-state index is 5.00. The molecule has 0 aliphatic carbocycles. The van der Waals surface area contributed by atoms with Crippen LogP contribution in [0.4, 0.5) is 0 Å². The fraction of sp³-hybridized carbons (Fsp3) is 0.364. The number of hydrogen-bond donors (Lipinski definition) is 0. The molecule has 0 spiro atoms. The van der Waals surface area contributed by atoms with Gasteiger partial charge in [-0.1, -0.05) is 55.9 Å². The molecule has 12 heavy (non-hydrogen) atoms. The monoisotopic (exact) mass is 178 g/mol. The van der Waals surface area contributed by atoms with Crippen molar-refractivity contribution < 1.29 is 0 Å². The van der Waals surface area contributed by atoms with Gasteiger partial charge >= 0.3 is 0 Å². The Kier molecular flexibility index (Phi) is 3.95. The van der Waals surface area contributed by atoms with Gasteiger partial charge in [-0.3, -0.25) is 0 Å². The highest BCUT2D eigenvalue weighted by Gasteiger charge is 2.04. The van der Waals surface area contributed by atoms with Gasteiger partial charge in [0.05, 0.1) is 0 Å². The summed E-state index contributed by atoms with van der Waals surface area (Å²) >= 11 is 5.00. The van der Waals surface area contributed by atoms with E-state index < -0.39 is 0 Å². The van der Waals surface area contributed by atoms with Crippen LogP contribution in [0.1, 0.15) is 31.2 Å². The predicted octanol–water partition coefficient (Wildman–Crippen LogP) is 3.57. The summed E-state index contributed by atoms with van der Waals surface area (Å²) in [4.78, 5) is 0. The molecular formula is C11H14S. The molecule has 1 aromatic carbocycles. The average Bonchev–Trinajstić information content (AvgIpc) is 2.15. The third-order valence-electron chi connectivity index (χ3n) is 1.99.